The number of quaternary nitrogens is 1. The summed E-state index contributed by atoms with van der Waals surface area (Å²) in [6, 6.07) is 9.90. The maximum absolute atomic E-state index is 12.3. The summed E-state index contributed by atoms with van der Waals surface area (Å²) in [5, 5.41) is 1.04. The highest BCUT2D eigenvalue weighted by Crippen LogP contribution is 2.50. The molecule has 27 heavy (non-hydrogen) atoms. The molecule has 0 aliphatic carbocycles. The Hall–Kier alpha value is -1.91. The third-order valence-corrected chi connectivity index (χ3v) is 5.91. The molecule has 0 bridgehead atoms. The fourth-order valence-electron chi connectivity index (χ4n) is 2.53. The summed E-state index contributed by atoms with van der Waals surface area (Å²) in [7, 11) is -1.45. The summed E-state index contributed by atoms with van der Waals surface area (Å²) in [6.07, 6.45) is 3.24. The molecular formula is C18H21NO6S2. The Morgan fingerprint density at radius 3 is 2.56 bits per heavy atom. The van der Waals surface area contributed by atoms with E-state index in [0.717, 1.165) is 18.7 Å². The smallest absolute Gasteiger partial charge is 0.227 e. The molecule has 0 saturated heterocycles. The van der Waals surface area contributed by atoms with Gasteiger partial charge in [0.1, 0.15) is 0 Å². The minimum atomic E-state index is -4.41. The number of carbonyl (C=O) groups is 1. The van der Waals surface area contributed by atoms with Crippen molar-refractivity contribution in [2.24, 2.45) is 0 Å². The fourth-order valence-corrected chi connectivity index (χ4v) is 3.85. The molecule has 3 rings (SSSR count). The molecule has 1 aliphatic rings. The van der Waals surface area contributed by atoms with Gasteiger partial charge in [-0.3, -0.25) is 13.5 Å². The van der Waals surface area contributed by atoms with Gasteiger partial charge in [-0.25, -0.2) is 8.42 Å². The SMILES string of the molecule is CC[N+]1(C)/C(=C/C(=O)c2ccco2)Sc2ccc(C)cc21.COS(=O)(=O)[O-]. The summed E-state index contributed by atoms with van der Waals surface area (Å²) in [4.78, 5) is 13.5. The first-order valence-electron chi connectivity index (χ1n) is 8.07. The molecule has 7 nitrogen and oxygen atoms in total. The largest absolute Gasteiger partial charge is 0.726 e. The van der Waals surface area contributed by atoms with Crippen LogP contribution >= 0.6 is 11.8 Å². The van der Waals surface area contributed by atoms with Gasteiger partial charge in [0.15, 0.2) is 16.5 Å². The molecule has 0 N–H and O–H groups in total. The normalized spacial score (nSPS) is 20.1. The monoisotopic (exact) mass is 411 g/mol. The van der Waals surface area contributed by atoms with E-state index in [4.69, 9.17) is 4.42 Å². The van der Waals surface area contributed by atoms with Crippen LogP contribution in [0.1, 0.15) is 23.0 Å². The predicted octanol–water partition coefficient (Wildman–Crippen LogP) is 3.47. The molecule has 0 spiro atoms. The average Bonchev–Trinajstić information content (AvgIpc) is 3.24. The van der Waals surface area contributed by atoms with E-state index in [1.807, 2.05) is 0 Å². The topological polar surface area (TPSA) is 96.6 Å². The van der Waals surface area contributed by atoms with Crippen molar-refractivity contribution in [2.75, 3.05) is 20.7 Å². The zero-order valence-corrected chi connectivity index (χ0v) is 17.1. The lowest BCUT2D eigenvalue weighted by Gasteiger charge is -2.28. The lowest BCUT2D eigenvalue weighted by Crippen LogP contribution is -2.40. The van der Waals surface area contributed by atoms with Crippen LogP contribution in [-0.4, -0.2) is 39.5 Å². The summed E-state index contributed by atoms with van der Waals surface area (Å²) in [5.74, 6) is 0.308. The Kier molecular flexibility index (Phi) is 6.66. The van der Waals surface area contributed by atoms with Crippen LogP contribution in [0.25, 0.3) is 0 Å². The molecule has 1 aromatic heterocycles. The summed E-state index contributed by atoms with van der Waals surface area (Å²) in [5.41, 5.74) is 2.51. The first kappa shape index (κ1) is 21.4. The van der Waals surface area contributed by atoms with Gasteiger partial charge in [0, 0.05) is 6.07 Å². The highest BCUT2D eigenvalue weighted by Gasteiger charge is 2.40. The Morgan fingerprint density at radius 1 is 1.37 bits per heavy atom. The lowest BCUT2D eigenvalue weighted by molar-refractivity contribution is 0.102. The highest BCUT2D eigenvalue weighted by molar-refractivity contribution is 8.03. The molecule has 1 unspecified atom stereocenters. The van der Waals surface area contributed by atoms with Gasteiger partial charge < -0.3 is 8.97 Å². The number of carbonyl (C=O) groups excluding carboxylic acids is 1. The molecule has 1 aromatic carbocycles. The van der Waals surface area contributed by atoms with Gasteiger partial charge in [0.25, 0.3) is 0 Å². The standard InChI is InChI=1S/C17H18NO2S.CH4O4S/c1-4-18(3)13-10-12(2)7-8-16(13)21-17(18)11-14(19)15-6-5-9-20-15;1-5-6(2,3)4/h5-11H,4H2,1-3H3;1H3,(H,2,3,4)/q+1;/p-1/b17-11-;. The van der Waals surface area contributed by atoms with Crippen molar-refractivity contribution in [3.05, 3.63) is 59.0 Å². The van der Waals surface area contributed by atoms with Crippen molar-refractivity contribution in [3.63, 3.8) is 0 Å². The summed E-state index contributed by atoms with van der Waals surface area (Å²) < 4.78 is 36.9. The van der Waals surface area contributed by atoms with Gasteiger partial charge in [-0.2, -0.15) is 0 Å². The van der Waals surface area contributed by atoms with Crippen molar-refractivity contribution in [3.8, 4) is 0 Å². The van der Waals surface area contributed by atoms with E-state index in [1.165, 1.54) is 22.4 Å². The lowest BCUT2D eigenvalue weighted by atomic mass is 10.2. The Bertz CT molecular complexity index is 950. The van der Waals surface area contributed by atoms with Gasteiger partial charge in [0.05, 0.1) is 37.9 Å². The number of furan rings is 1. The number of hydrogen-bond acceptors (Lipinski definition) is 7. The average molecular weight is 412 g/mol. The molecular weight excluding hydrogens is 390 g/mol. The Labute approximate surface area is 163 Å². The Balaban J connectivity index is 0.000000380. The first-order valence-corrected chi connectivity index (χ1v) is 10.2. The maximum atomic E-state index is 12.3. The minimum Gasteiger partial charge on any atom is -0.726 e. The van der Waals surface area contributed by atoms with Crippen LogP contribution in [0.3, 0.4) is 0 Å². The van der Waals surface area contributed by atoms with Crippen LogP contribution in [0, 0.1) is 6.92 Å². The molecule has 2 aromatic rings. The molecule has 1 aliphatic heterocycles. The zero-order chi connectivity index (χ0) is 20.2. The van der Waals surface area contributed by atoms with E-state index >= 15 is 0 Å². The molecule has 2 heterocycles. The van der Waals surface area contributed by atoms with Crippen LogP contribution in [-0.2, 0) is 14.6 Å². The minimum absolute atomic E-state index is 0.0789. The molecule has 9 heteroatoms. The van der Waals surface area contributed by atoms with Crippen molar-refractivity contribution >= 4 is 33.6 Å². The van der Waals surface area contributed by atoms with Crippen LogP contribution < -0.4 is 4.48 Å². The first-order chi connectivity index (χ1) is 12.6. The van der Waals surface area contributed by atoms with Crippen molar-refractivity contribution in [2.45, 2.75) is 18.7 Å². The van der Waals surface area contributed by atoms with Gasteiger partial charge in [-0.1, -0.05) is 6.07 Å². The van der Waals surface area contributed by atoms with Gasteiger partial charge in [-0.05, 0) is 49.4 Å². The van der Waals surface area contributed by atoms with Gasteiger partial charge in [0.2, 0.25) is 16.2 Å². The molecule has 1 atom stereocenters. The number of rotatable bonds is 4. The number of hydrogen-bond donors (Lipinski definition) is 0. The van der Waals surface area contributed by atoms with E-state index < -0.39 is 10.4 Å². The van der Waals surface area contributed by atoms with Crippen LogP contribution in [0.4, 0.5) is 5.69 Å². The maximum Gasteiger partial charge on any atom is 0.227 e. The van der Waals surface area contributed by atoms with E-state index in [1.54, 1.807) is 30.0 Å². The number of thioether (sulfide) groups is 1. The third kappa shape index (κ3) is 5.08. The van der Waals surface area contributed by atoms with Crippen molar-refractivity contribution in [1.82, 2.24) is 4.48 Å². The van der Waals surface area contributed by atoms with E-state index in [0.29, 0.717) is 10.2 Å². The van der Waals surface area contributed by atoms with Crippen molar-refractivity contribution in [1.29, 1.82) is 0 Å². The summed E-state index contributed by atoms with van der Waals surface area (Å²) >= 11 is 1.67. The number of ketones is 1. The third-order valence-electron chi connectivity index (χ3n) is 4.20. The molecule has 146 valence electrons. The second-order valence-electron chi connectivity index (χ2n) is 5.98. The number of benzene rings is 1. The second kappa shape index (κ2) is 8.41. The van der Waals surface area contributed by atoms with Gasteiger partial charge >= 0.3 is 0 Å². The van der Waals surface area contributed by atoms with Gasteiger partial charge in [-0.15, -0.1) is 0 Å². The number of aryl methyl sites for hydroxylation is 1. The molecule has 0 fully saturated rings. The Morgan fingerprint density at radius 2 is 2.04 bits per heavy atom. The summed E-state index contributed by atoms with van der Waals surface area (Å²) in [6.45, 7) is 5.14. The van der Waals surface area contributed by atoms with E-state index in [9.17, 15) is 17.8 Å². The highest BCUT2D eigenvalue weighted by atomic mass is 32.3. The molecule has 0 radical (unpaired) electrons. The quantitative estimate of drug-likeness (QED) is 0.250. The van der Waals surface area contributed by atoms with Crippen LogP contribution in [0.15, 0.2) is 57.0 Å². The zero-order valence-electron chi connectivity index (χ0n) is 15.5. The fraction of sp³-hybridized carbons (Fsp3) is 0.278. The number of fused-ring (bicyclic) bond motifs is 1. The van der Waals surface area contributed by atoms with E-state index in [-0.39, 0.29) is 5.78 Å². The van der Waals surface area contributed by atoms with Crippen molar-refractivity contribution < 1.29 is 26.4 Å². The van der Waals surface area contributed by atoms with E-state index in [2.05, 4.69) is 43.3 Å². The molecule has 0 saturated carbocycles. The second-order valence-corrected chi connectivity index (χ2v) is 8.19. The number of allylic oxidation sites excluding steroid dienone is 1. The van der Waals surface area contributed by atoms with Crippen LogP contribution in [0.2, 0.25) is 0 Å². The predicted molar refractivity (Wildman–Crippen MR) is 103 cm³/mol. The van der Waals surface area contributed by atoms with Crippen LogP contribution in [0.5, 0.6) is 0 Å². The number of nitrogens with zero attached hydrogens (tertiary/aromatic N) is 1. The molecule has 0 amide bonds.